The predicted molar refractivity (Wildman–Crippen MR) is 70.7 cm³/mol. The Morgan fingerprint density at radius 2 is 1.44 bits per heavy atom. The molecule has 0 aromatic heterocycles. The van der Waals surface area contributed by atoms with E-state index >= 15 is 0 Å². The zero-order chi connectivity index (χ0) is 11.3. The van der Waals surface area contributed by atoms with Crippen molar-refractivity contribution in [3.8, 4) is 0 Å². The van der Waals surface area contributed by atoms with Gasteiger partial charge in [-0.05, 0) is 31.1 Å². The Morgan fingerprint density at radius 3 is 2.06 bits per heavy atom. The maximum absolute atomic E-state index is 3.87. The van der Waals surface area contributed by atoms with Gasteiger partial charge in [0.25, 0.3) is 0 Å². The van der Waals surface area contributed by atoms with Crippen molar-refractivity contribution < 1.29 is 0 Å². The molecule has 0 aromatic rings. The van der Waals surface area contributed by atoms with E-state index < -0.39 is 0 Å². The average Bonchev–Trinajstić information content (AvgIpc) is 2.56. The first-order chi connectivity index (χ1) is 7.79. The van der Waals surface area contributed by atoms with E-state index in [0.29, 0.717) is 5.41 Å². The summed E-state index contributed by atoms with van der Waals surface area (Å²) in [5, 5.41) is 3.87. The molecule has 16 heavy (non-hydrogen) atoms. The molecule has 0 amide bonds. The van der Waals surface area contributed by atoms with Crippen LogP contribution in [0.25, 0.3) is 0 Å². The van der Waals surface area contributed by atoms with Crippen LogP contribution >= 0.6 is 0 Å². The lowest BCUT2D eigenvalue weighted by Crippen LogP contribution is -2.39. The summed E-state index contributed by atoms with van der Waals surface area (Å²) < 4.78 is 0. The van der Waals surface area contributed by atoms with Crippen LogP contribution in [0.15, 0.2) is 0 Å². The van der Waals surface area contributed by atoms with E-state index in [9.17, 15) is 0 Å². The number of hydrogen-bond acceptors (Lipinski definition) is 1. The number of nitrogens with one attached hydrogen (secondary N) is 1. The molecule has 0 heterocycles. The standard InChI is InChI=1S/C15H29N/c1-15(11-7-4-8-12-15)13-16-14-9-5-2-3-6-10-14/h14,16H,2-13H2,1H3. The zero-order valence-corrected chi connectivity index (χ0v) is 11.1. The van der Waals surface area contributed by atoms with Crippen LogP contribution in [0.2, 0.25) is 0 Å². The van der Waals surface area contributed by atoms with Crippen LogP contribution in [0.5, 0.6) is 0 Å². The molecule has 0 saturated heterocycles. The fourth-order valence-electron chi connectivity index (χ4n) is 3.46. The molecule has 1 heteroatoms. The van der Waals surface area contributed by atoms with Gasteiger partial charge in [0.1, 0.15) is 0 Å². The molecule has 2 aliphatic rings. The summed E-state index contributed by atoms with van der Waals surface area (Å²) in [6.45, 7) is 3.77. The van der Waals surface area contributed by atoms with Gasteiger partial charge in [-0.1, -0.05) is 51.9 Å². The number of rotatable bonds is 3. The molecule has 0 atom stereocenters. The molecule has 2 aliphatic carbocycles. The van der Waals surface area contributed by atoms with Gasteiger partial charge in [0.05, 0.1) is 0 Å². The Morgan fingerprint density at radius 1 is 0.875 bits per heavy atom. The van der Waals surface area contributed by atoms with Gasteiger partial charge >= 0.3 is 0 Å². The van der Waals surface area contributed by atoms with Crippen molar-refractivity contribution in [3.63, 3.8) is 0 Å². The van der Waals surface area contributed by atoms with Crippen molar-refractivity contribution in [3.05, 3.63) is 0 Å². The molecule has 0 spiro atoms. The number of hydrogen-bond donors (Lipinski definition) is 1. The Hall–Kier alpha value is -0.0400. The third-order valence-electron chi connectivity index (χ3n) is 4.73. The van der Waals surface area contributed by atoms with Crippen molar-refractivity contribution in [1.82, 2.24) is 5.32 Å². The van der Waals surface area contributed by atoms with Gasteiger partial charge in [-0.25, -0.2) is 0 Å². The van der Waals surface area contributed by atoms with Crippen LogP contribution in [0.3, 0.4) is 0 Å². The van der Waals surface area contributed by atoms with Crippen LogP contribution in [-0.4, -0.2) is 12.6 Å². The molecule has 0 aromatic carbocycles. The minimum absolute atomic E-state index is 0.616. The fourth-order valence-corrected chi connectivity index (χ4v) is 3.46. The van der Waals surface area contributed by atoms with E-state index in [2.05, 4.69) is 12.2 Å². The van der Waals surface area contributed by atoms with Crippen LogP contribution in [-0.2, 0) is 0 Å². The lowest BCUT2D eigenvalue weighted by atomic mass is 9.75. The SMILES string of the molecule is CC1(CNC2CCCCCC2)CCCCC1. The van der Waals surface area contributed by atoms with E-state index in [-0.39, 0.29) is 0 Å². The fraction of sp³-hybridized carbons (Fsp3) is 1.00. The summed E-state index contributed by atoms with van der Waals surface area (Å²) in [5.41, 5.74) is 0.616. The van der Waals surface area contributed by atoms with Crippen molar-refractivity contribution in [2.45, 2.75) is 83.6 Å². The second-order valence-corrected chi connectivity index (χ2v) is 6.44. The van der Waals surface area contributed by atoms with E-state index in [4.69, 9.17) is 0 Å². The highest BCUT2D eigenvalue weighted by molar-refractivity contribution is 4.82. The summed E-state index contributed by atoms with van der Waals surface area (Å²) >= 11 is 0. The lowest BCUT2D eigenvalue weighted by molar-refractivity contribution is 0.197. The average molecular weight is 223 g/mol. The van der Waals surface area contributed by atoms with Gasteiger partial charge < -0.3 is 5.32 Å². The minimum Gasteiger partial charge on any atom is -0.313 e. The second kappa shape index (κ2) is 6.05. The molecular formula is C15H29N. The maximum atomic E-state index is 3.87. The van der Waals surface area contributed by atoms with Crippen molar-refractivity contribution in [1.29, 1.82) is 0 Å². The molecule has 0 aliphatic heterocycles. The van der Waals surface area contributed by atoms with E-state index in [1.807, 2.05) is 0 Å². The monoisotopic (exact) mass is 223 g/mol. The van der Waals surface area contributed by atoms with Gasteiger partial charge in [-0.15, -0.1) is 0 Å². The third kappa shape index (κ3) is 3.76. The first-order valence-corrected chi connectivity index (χ1v) is 7.52. The van der Waals surface area contributed by atoms with E-state index in [1.54, 1.807) is 0 Å². The smallest absolute Gasteiger partial charge is 0.00672 e. The molecule has 0 bridgehead atoms. The van der Waals surface area contributed by atoms with Crippen LogP contribution in [0.4, 0.5) is 0 Å². The normalized spacial score (nSPS) is 27.6. The molecule has 2 rings (SSSR count). The van der Waals surface area contributed by atoms with E-state index in [0.717, 1.165) is 6.04 Å². The second-order valence-electron chi connectivity index (χ2n) is 6.44. The molecule has 2 fully saturated rings. The Kier molecular flexibility index (Phi) is 4.69. The summed E-state index contributed by atoms with van der Waals surface area (Å²) in [5.74, 6) is 0. The first-order valence-electron chi connectivity index (χ1n) is 7.52. The van der Waals surface area contributed by atoms with Gasteiger partial charge in [0, 0.05) is 12.6 Å². The minimum atomic E-state index is 0.616. The highest BCUT2D eigenvalue weighted by atomic mass is 14.9. The van der Waals surface area contributed by atoms with Crippen molar-refractivity contribution in [2.24, 2.45) is 5.41 Å². The van der Waals surface area contributed by atoms with Crippen LogP contribution in [0, 0.1) is 5.41 Å². The third-order valence-corrected chi connectivity index (χ3v) is 4.73. The first kappa shape index (κ1) is 12.4. The molecule has 2 saturated carbocycles. The van der Waals surface area contributed by atoms with Gasteiger partial charge in [-0.3, -0.25) is 0 Å². The molecule has 0 unspecified atom stereocenters. The lowest BCUT2D eigenvalue weighted by Gasteiger charge is -2.35. The van der Waals surface area contributed by atoms with Crippen molar-refractivity contribution >= 4 is 0 Å². The molecule has 1 N–H and O–H groups in total. The molecule has 1 nitrogen and oxygen atoms in total. The Balaban J connectivity index is 1.72. The Labute approximate surface area is 101 Å². The van der Waals surface area contributed by atoms with Gasteiger partial charge in [0.2, 0.25) is 0 Å². The van der Waals surface area contributed by atoms with E-state index in [1.165, 1.54) is 77.2 Å². The topological polar surface area (TPSA) is 12.0 Å². The Bertz CT molecular complexity index is 186. The molecule has 0 radical (unpaired) electrons. The quantitative estimate of drug-likeness (QED) is 0.705. The summed E-state index contributed by atoms with van der Waals surface area (Å²) in [4.78, 5) is 0. The highest BCUT2D eigenvalue weighted by Crippen LogP contribution is 2.35. The van der Waals surface area contributed by atoms with Crippen LogP contribution < -0.4 is 5.32 Å². The predicted octanol–water partition coefficient (Wildman–Crippen LogP) is 4.27. The zero-order valence-electron chi connectivity index (χ0n) is 11.1. The molecular weight excluding hydrogens is 194 g/mol. The summed E-state index contributed by atoms with van der Waals surface area (Å²) in [7, 11) is 0. The van der Waals surface area contributed by atoms with Crippen molar-refractivity contribution in [2.75, 3.05) is 6.54 Å². The largest absolute Gasteiger partial charge is 0.313 e. The van der Waals surface area contributed by atoms with Gasteiger partial charge in [0.15, 0.2) is 0 Å². The van der Waals surface area contributed by atoms with Crippen LogP contribution in [0.1, 0.15) is 77.6 Å². The molecule has 94 valence electrons. The summed E-state index contributed by atoms with van der Waals surface area (Å²) in [6.07, 6.45) is 16.0. The maximum Gasteiger partial charge on any atom is 0.00672 e. The summed E-state index contributed by atoms with van der Waals surface area (Å²) in [6, 6.07) is 0.834. The highest BCUT2D eigenvalue weighted by Gasteiger charge is 2.27. The van der Waals surface area contributed by atoms with Gasteiger partial charge in [-0.2, -0.15) is 0 Å².